The van der Waals surface area contributed by atoms with Crippen molar-refractivity contribution in [1.29, 1.82) is 0 Å². The minimum atomic E-state index is 0.695. The Bertz CT molecular complexity index is 790. The Morgan fingerprint density at radius 1 is 1.24 bits per heavy atom. The third-order valence-corrected chi connectivity index (χ3v) is 3.62. The van der Waals surface area contributed by atoms with Crippen molar-refractivity contribution in [3.05, 3.63) is 60.1 Å². The lowest BCUT2D eigenvalue weighted by atomic mass is 10.2. The molecule has 0 aliphatic rings. The average Bonchev–Trinajstić information content (AvgIpc) is 2.86. The van der Waals surface area contributed by atoms with Gasteiger partial charge in [0.1, 0.15) is 11.6 Å². The standard InChI is InChI=1S/C17H15ClN2O/c1-3-10-20-16-9-8-14(21-2)11-15(16)19-17(20)12-4-6-13(18)7-5-12/h3-9,11H,1,10H2,2H3. The van der Waals surface area contributed by atoms with Crippen LogP contribution in [0.25, 0.3) is 22.4 Å². The van der Waals surface area contributed by atoms with E-state index in [1.165, 1.54) is 0 Å². The van der Waals surface area contributed by atoms with E-state index in [1.807, 2.05) is 48.5 Å². The monoisotopic (exact) mass is 298 g/mol. The molecule has 0 radical (unpaired) electrons. The zero-order chi connectivity index (χ0) is 14.8. The molecule has 3 nitrogen and oxygen atoms in total. The van der Waals surface area contributed by atoms with E-state index in [2.05, 4.69) is 11.1 Å². The van der Waals surface area contributed by atoms with Crippen molar-refractivity contribution in [3.63, 3.8) is 0 Å². The molecular formula is C17H15ClN2O. The Morgan fingerprint density at radius 3 is 2.67 bits per heavy atom. The van der Waals surface area contributed by atoms with Gasteiger partial charge in [0, 0.05) is 23.2 Å². The molecule has 1 aromatic heterocycles. The van der Waals surface area contributed by atoms with Crippen molar-refractivity contribution in [2.24, 2.45) is 0 Å². The lowest BCUT2D eigenvalue weighted by Crippen LogP contribution is -1.98. The van der Waals surface area contributed by atoms with Gasteiger partial charge in [0.2, 0.25) is 0 Å². The van der Waals surface area contributed by atoms with E-state index in [4.69, 9.17) is 21.3 Å². The number of allylic oxidation sites excluding steroid dienone is 1. The van der Waals surface area contributed by atoms with Gasteiger partial charge in [-0.2, -0.15) is 0 Å². The van der Waals surface area contributed by atoms with E-state index >= 15 is 0 Å². The molecule has 4 heteroatoms. The molecule has 3 aromatic rings. The molecule has 2 aromatic carbocycles. The van der Waals surface area contributed by atoms with Gasteiger partial charge in [-0.25, -0.2) is 4.98 Å². The summed E-state index contributed by atoms with van der Waals surface area (Å²) in [5.74, 6) is 1.70. The maximum absolute atomic E-state index is 5.96. The van der Waals surface area contributed by atoms with Crippen LogP contribution in [0.5, 0.6) is 5.75 Å². The fraction of sp³-hybridized carbons (Fsp3) is 0.118. The number of hydrogen-bond acceptors (Lipinski definition) is 2. The molecule has 106 valence electrons. The number of halogens is 1. The first kappa shape index (κ1) is 13.7. The molecule has 3 rings (SSSR count). The molecule has 0 aliphatic heterocycles. The first-order valence-electron chi connectivity index (χ1n) is 6.64. The van der Waals surface area contributed by atoms with Gasteiger partial charge in [-0.15, -0.1) is 6.58 Å². The van der Waals surface area contributed by atoms with Crippen LogP contribution >= 0.6 is 11.6 Å². The molecule has 0 bridgehead atoms. The second kappa shape index (κ2) is 5.62. The Labute approximate surface area is 128 Å². The topological polar surface area (TPSA) is 27.1 Å². The number of fused-ring (bicyclic) bond motifs is 1. The molecule has 0 N–H and O–H groups in total. The van der Waals surface area contributed by atoms with Gasteiger partial charge in [0.05, 0.1) is 18.1 Å². The average molecular weight is 299 g/mol. The van der Waals surface area contributed by atoms with Gasteiger partial charge in [-0.05, 0) is 36.4 Å². The number of ether oxygens (including phenoxy) is 1. The first-order valence-corrected chi connectivity index (χ1v) is 7.02. The van der Waals surface area contributed by atoms with Crippen LogP contribution < -0.4 is 4.74 Å². The molecule has 1 heterocycles. The second-order valence-corrected chi connectivity index (χ2v) is 5.13. The summed E-state index contributed by atoms with van der Waals surface area (Å²) in [7, 11) is 1.65. The summed E-state index contributed by atoms with van der Waals surface area (Å²) in [5.41, 5.74) is 2.98. The summed E-state index contributed by atoms with van der Waals surface area (Å²) in [4.78, 5) is 4.73. The van der Waals surface area contributed by atoms with E-state index in [0.29, 0.717) is 11.6 Å². The fourth-order valence-corrected chi connectivity index (χ4v) is 2.50. The van der Waals surface area contributed by atoms with Gasteiger partial charge in [0.15, 0.2) is 0 Å². The zero-order valence-corrected chi connectivity index (χ0v) is 12.5. The van der Waals surface area contributed by atoms with E-state index in [1.54, 1.807) is 7.11 Å². The Hall–Kier alpha value is -2.26. The molecule has 0 atom stereocenters. The van der Waals surface area contributed by atoms with Crippen LogP contribution in [0, 0.1) is 0 Å². The van der Waals surface area contributed by atoms with Crippen LogP contribution in [0.1, 0.15) is 0 Å². The van der Waals surface area contributed by atoms with E-state index < -0.39 is 0 Å². The highest BCUT2D eigenvalue weighted by Crippen LogP contribution is 2.28. The first-order chi connectivity index (χ1) is 10.2. The summed E-state index contributed by atoms with van der Waals surface area (Å²) in [6.45, 7) is 4.53. The minimum absolute atomic E-state index is 0.695. The lowest BCUT2D eigenvalue weighted by Gasteiger charge is -2.06. The van der Waals surface area contributed by atoms with Crippen molar-refractivity contribution < 1.29 is 4.74 Å². The van der Waals surface area contributed by atoms with Crippen molar-refractivity contribution in [2.75, 3.05) is 7.11 Å². The molecule has 0 saturated heterocycles. The smallest absolute Gasteiger partial charge is 0.141 e. The number of imidazole rings is 1. The predicted octanol–water partition coefficient (Wildman–Crippen LogP) is 4.55. The van der Waals surface area contributed by atoms with Gasteiger partial charge >= 0.3 is 0 Å². The van der Waals surface area contributed by atoms with E-state index in [0.717, 1.165) is 28.2 Å². The highest BCUT2D eigenvalue weighted by Gasteiger charge is 2.12. The Morgan fingerprint density at radius 2 is 2.00 bits per heavy atom. The minimum Gasteiger partial charge on any atom is -0.497 e. The summed E-state index contributed by atoms with van der Waals surface area (Å²) >= 11 is 5.96. The van der Waals surface area contributed by atoms with Gasteiger partial charge in [-0.3, -0.25) is 0 Å². The van der Waals surface area contributed by atoms with Crippen LogP contribution in [0.2, 0.25) is 5.02 Å². The highest BCUT2D eigenvalue weighted by molar-refractivity contribution is 6.30. The van der Waals surface area contributed by atoms with Crippen LogP contribution in [0.4, 0.5) is 0 Å². The summed E-state index contributed by atoms with van der Waals surface area (Å²) in [6.07, 6.45) is 1.87. The molecule has 0 fully saturated rings. The molecule has 0 spiro atoms. The van der Waals surface area contributed by atoms with Gasteiger partial charge in [0.25, 0.3) is 0 Å². The molecule has 21 heavy (non-hydrogen) atoms. The number of hydrogen-bond donors (Lipinski definition) is 0. The van der Waals surface area contributed by atoms with Gasteiger partial charge in [-0.1, -0.05) is 17.7 Å². The van der Waals surface area contributed by atoms with Crippen molar-refractivity contribution in [3.8, 4) is 17.1 Å². The van der Waals surface area contributed by atoms with E-state index in [-0.39, 0.29) is 0 Å². The highest BCUT2D eigenvalue weighted by atomic mass is 35.5. The Balaban J connectivity index is 2.22. The number of rotatable bonds is 4. The SMILES string of the molecule is C=CCn1c(-c2ccc(Cl)cc2)nc2cc(OC)ccc21. The van der Waals surface area contributed by atoms with Crippen molar-refractivity contribution in [2.45, 2.75) is 6.54 Å². The maximum Gasteiger partial charge on any atom is 0.141 e. The molecule has 0 amide bonds. The molecule has 0 saturated carbocycles. The van der Waals surface area contributed by atoms with Crippen LogP contribution in [-0.2, 0) is 6.54 Å². The summed E-state index contributed by atoms with van der Waals surface area (Å²) in [5, 5.41) is 0.715. The summed E-state index contributed by atoms with van der Waals surface area (Å²) < 4.78 is 7.40. The van der Waals surface area contributed by atoms with Gasteiger partial charge < -0.3 is 9.30 Å². The number of methoxy groups -OCH3 is 1. The van der Waals surface area contributed by atoms with Crippen LogP contribution in [0.15, 0.2) is 55.1 Å². The lowest BCUT2D eigenvalue weighted by molar-refractivity contribution is 0.415. The number of benzene rings is 2. The number of aromatic nitrogens is 2. The largest absolute Gasteiger partial charge is 0.497 e. The summed E-state index contributed by atoms with van der Waals surface area (Å²) in [6, 6.07) is 13.6. The van der Waals surface area contributed by atoms with Crippen molar-refractivity contribution >= 4 is 22.6 Å². The van der Waals surface area contributed by atoms with E-state index in [9.17, 15) is 0 Å². The molecular weight excluding hydrogens is 284 g/mol. The number of nitrogens with zero attached hydrogens (tertiary/aromatic N) is 2. The molecule has 0 unspecified atom stereocenters. The Kier molecular flexibility index (Phi) is 3.67. The van der Waals surface area contributed by atoms with Crippen LogP contribution in [0.3, 0.4) is 0 Å². The third kappa shape index (κ3) is 2.52. The normalized spacial score (nSPS) is 10.8. The zero-order valence-electron chi connectivity index (χ0n) is 11.7. The maximum atomic E-state index is 5.96. The second-order valence-electron chi connectivity index (χ2n) is 4.70. The van der Waals surface area contributed by atoms with Crippen LogP contribution in [-0.4, -0.2) is 16.7 Å². The van der Waals surface area contributed by atoms with Crippen molar-refractivity contribution in [1.82, 2.24) is 9.55 Å². The predicted molar refractivity (Wildman–Crippen MR) is 86.9 cm³/mol. The fourth-order valence-electron chi connectivity index (χ4n) is 2.37. The third-order valence-electron chi connectivity index (χ3n) is 3.37. The quantitative estimate of drug-likeness (QED) is 0.661. The molecule has 0 aliphatic carbocycles.